The molecule has 3 aromatic rings. The van der Waals surface area contributed by atoms with Crippen molar-refractivity contribution in [3.05, 3.63) is 48.5 Å². The van der Waals surface area contributed by atoms with Gasteiger partial charge in [-0.05, 0) is 28.5 Å². The van der Waals surface area contributed by atoms with Crippen LogP contribution in [-0.2, 0) is 18.3 Å². The monoisotopic (exact) mass is 348 g/mol. The highest BCUT2D eigenvalue weighted by atomic mass is 16.1. The van der Waals surface area contributed by atoms with Gasteiger partial charge in [-0.15, -0.1) is 0 Å². The third kappa shape index (κ3) is 3.53. The largest absolute Gasteiger partial charge is 0.298 e. The minimum absolute atomic E-state index is 0.232. The van der Waals surface area contributed by atoms with Crippen molar-refractivity contribution < 1.29 is 4.79 Å². The van der Waals surface area contributed by atoms with Gasteiger partial charge in [0.15, 0.2) is 5.78 Å². The van der Waals surface area contributed by atoms with E-state index >= 15 is 0 Å². The molecule has 4 rings (SSSR count). The highest BCUT2D eigenvalue weighted by Gasteiger charge is 2.34. The first kappa shape index (κ1) is 16.9. The zero-order valence-corrected chi connectivity index (χ0v) is 15.6. The van der Waals surface area contributed by atoms with Crippen LogP contribution in [-0.4, -0.2) is 45.1 Å². The minimum Gasteiger partial charge on any atom is -0.298 e. The van der Waals surface area contributed by atoms with E-state index in [9.17, 15) is 4.79 Å². The first-order chi connectivity index (χ1) is 12.4. The van der Waals surface area contributed by atoms with Crippen LogP contribution in [0.1, 0.15) is 19.5 Å². The molecule has 0 atom stereocenters. The first-order valence-corrected chi connectivity index (χ1v) is 9.00. The minimum atomic E-state index is 0.232. The van der Waals surface area contributed by atoms with E-state index in [4.69, 9.17) is 0 Å². The van der Waals surface area contributed by atoms with E-state index in [1.165, 1.54) is 0 Å². The van der Waals surface area contributed by atoms with E-state index in [2.05, 4.69) is 47.0 Å². The number of ketones is 1. The summed E-state index contributed by atoms with van der Waals surface area (Å²) in [6, 6.07) is 8.32. The van der Waals surface area contributed by atoms with Gasteiger partial charge in [0.1, 0.15) is 0 Å². The molecule has 2 aromatic heterocycles. The molecule has 1 fully saturated rings. The fourth-order valence-electron chi connectivity index (χ4n) is 3.82. The Morgan fingerprint density at radius 1 is 1.12 bits per heavy atom. The SMILES string of the molecule is Cn1cc(-c2ccc3cnc(CC(=O)CN4CC(C)(C)C4)cc3c2)cn1. The van der Waals surface area contributed by atoms with Crippen molar-refractivity contribution in [1.82, 2.24) is 19.7 Å². The van der Waals surface area contributed by atoms with Gasteiger partial charge in [-0.3, -0.25) is 19.4 Å². The molecule has 1 aliphatic rings. The standard InChI is InChI=1S/C21H24N4O/c1-21(2)13-25(14-21)12-20(26)8-19-7-17-6-15(4-5-16(17)9-22-19)18-10-23-24(3)11-18/h4-7,9-11H,8,12-14H2,1-3H3. The maximum absolute atomic E-state index is 12.4. The van der Waals surface area contributed by atoms with Gasteiger partial charge in [0, 0.05) is 49.2 Å². The second-order valence-electron chi connectivity index (χ2n) is 8.17. The number of Topliss-reactive ketones (excluding diaryl/α,β-unsaturated/α-hetero) is 1. The smallest absolute Gasteiger partial charge is 0.152 e. The lowest BCUT2D eigenvalue weighted by Crippen LogP contribution is -2.54. The summed E-state index contributed by atoms with van der Waals surface area (Å²) in [5, 5.41) is 6.42. The molecule has 1 aromatic carbocycles. The average molecular weight is 348 g/mol. The molecule has 134 valence electrons. The number of nitrogens with zero attached hydrogens (tertiary/aromatic N) is 4. The Bertz CT molecular complexity index is 965. The number of pyridine rings is 1. The van der Waals surface area contributed by atoms with Crippen LogP contribution in [0.3, 0.4) is 0 Å². The Labute approximate surface area is 153 Å². The van der Waals surface area contributed by atoms with Crippen LogP contribution in [0.4, 0.5) is 0 Å². The van der Waals surface area contributed by atoms with E-state index in [-0.39, 0.29) is 5.78 Å². The number of aromatic nitrogens is 3. The van der Waals surface area contributed by atoms with Crippen LogP contribution in [0.2, 0.25) is 0 Å². The molecular formula is C21H24N4O. The van der Waals surface area contributed by atoms with Gasteiger partial charge in [-0.25, -0.2) is 0 Å². The molecule has 1 saturated heterocycles. The van der Waals surface area contributed by atoms with Crippen molar-refractivity contribution in [2.75, 3.05) is 19.6 Å². The number of benzene rings is 1. The third-order valence-corrected chi connectivity index (χ3v) is 4.90. The maximum atomic E-state index is 12.4. The van der Waals surface area contributed by atoms with Crippen molar-refractivity contribution in [3.63, 3.8) is 0 Å². The van der Waals surface area contributed by atoms with Crippen molar-refractivity contribution in [2.24, 2.45) is 12.5 Å². The predicted molar refractivity (Wildman–Crippen MR) is 103 cm³/mol. The number of aryl methyl sites for hydroxylation is 1. The van der Waals surface area contributed by atoms with Crippen LogP contribution in [0.5, 0.6) is 0 Å². The predicted octanol–water partition coefficient (Wildman–Crippen LogP) is 3.09. The molecule has 0 unspecified atom stereocenters. The molecule has 5 heteroatoms. The van der Waals surface area contributed by atoms with Crippen LogP contribution in [0.15, 0.2) is 42.9 Å². The van der Waals surface area contributed by atoms with Crippen LogP contribution < -0.4 is 0 Å². The number of carbonyl (C=O) groups is 1. The van der Waals surface area contributed by atoms with Gasteiger partial charge in [-0.1, -0.05) is 26.0 Å². The lowest BCUT2D eigenvalue weighted by molar-refractivity contribution is -0.122. The zero-order chi connectivity index (χ0) is 18.3. The molecule has 0 bridgehead atoms. The Balaban J connectivity index is 1.50. The first-order valence-electron chi connectivity index (χ1n) is 9.00. The van der Waals surface area contributed by atoms with Gasteiger partial charge < -0.3 is 0 Å². The Morgan fingerprint density at radius 2 is 1.92 bits per heavy atom. The molecule has 5 nitrogen and oxygen atoms in total. The van der Waals surface area contributed by atoms with E-state index in [0.29, 0.717) is 18.4 Å². The topological polar surface area (TPSA) is 51.0 Å². The summed E-state index contributed by atoms with van der Waals surface area (Å²) in [5.74, 6) is 0.232. The van der Waals surface area contributed by atoms with Gasteiger partial charge in [0.2, 0.25) is 0 Å². The summed E-state index contributed by atoms with van der Waals surface area (Å²) in [6.45, 7) is 6.99. The maximum Gasteiger partial charge on any atom is 0.152 e. The molecule has 3 heterocycles. The fourth-order valence-corrected chi connectivity index (χ4v) is 3.82. The average Bonchev–Trinajstić information content (AvgIpc) is 2.99. The lowest BCUT2D eigenvalue weighted by Gasteiger charge is -2.45. The van der Waals surface area contributed by atoms with Crippen molar-refractivity contribution >= 4 is 16.6 Å². The second-order valence-corrected chi connectivity index (χ2v) is 8.17. The van der Waals surface area contributed by atoms with Gasteiger partial charge in [0.05, 0.1) is 19.2 Å². The lowest BCUT2D eigenvalue weighted by atomic mass is 9.84. The molecule has 0 radical (unpaired) electrons. The van der Waals surface area contributed by atoms with Crippen LogP contribution >= 0.6 is 0 Å². The van der Waals surface area contributed by atoms with Crippen LogP contribution in [0, 0.1) is 5.41 Å². The summed E-state index contributed by atoms with van der Waals surface area (Å²) >= 11 is 0. The summed E-state index contributed by atoms with van der Waals surface area (Å²) in [4.78, 5) is 19.1. The highest BCUT2D eigenvalue weighted by Crippen LogP contribution is 2.28. The number of carbonyl (C=O) groups excluding carboxylic acids is 1. The van der Waals surface area contributed by atoms with Gasteiger partial charge in [-0.2, -0.15) is 5.10 Å². The molecule has 0 saturated carbocycles. The second kappa shape index (κ2) is 6.32. The normalized spacial score (nSPS) is 16.6. The molecule has 0 spiro atoms. The Morgan fingerprint density at radius 3 is 2.62 bits per heavy atom. The highest BCUT2D eigenvalue weighted by molar-refractivity contribution is 5.88. The van der Waals surface area contributed by atoms with Crippen molar-refractivity contribution in [2.45, 2.75) is 20.3 Å². The third-order valence-electron chi connectivity index (χ3n) is 4.90. The van der Waals surface area contributed by atoms with E-state index in [1.807, 2.05) is 31.7 Å². The quantitative estimate of drug-likeness (QED) is 0.711. The molecule has 26 heavy (non-hydrogen) atoms. The summed E-state index contributed by atoms with van der Waals surface area (Å²) < 4.78 is 1.80. The summed E-state index contributed by atoms with van der Waals surface area (Å²) in [7, 11) is 1.91. The van der Waals surface area contributed by atoms with Gasteiger partial charge in [0.25, 0.3) is 0 Å². The van der Waals surface area contributed by atoms with Crippen molar-refractivity contribution in [3.8, 4) is 11.1 Å². The van der Waals surface area contributed by atoms with E-state index in [0.717, 1.165) is 40.7 Å². The Kier molecular flexibility index (Phi) is 4.11. The molecule has 1 aliphatic heterocycles. The molecule has 0 N–H and O–H groups in total. The van der Waals surface area contributed by atoms with Crippen molar-refractivity contribution in [1.29, 1.82) is 0 Å². The van der Waals surface area contributed by atoms with E-state index < -0.39 is 0 Å². The summed E-state index contributed by atoms with van der Waals surface area (Å²) in [6.07, 6.45) is 6.12. The number of hydrogen-bond donors (Lipinski definition) is 0. The van der Waals surface area contributed by atoms with E-state index in [1.54, 1.807) is 4.68 Å². The summed E-state index contributed by atoms with van der Waals surface area (Å²) in [5.41, 5.74) is 3.40. The molecule has 0 amide bonds. The number of fused-ring (bicyclic) bond motifs is 1. The Hall–Kier alpha value is -2.53. The number of rotatable bonds is 5. The van der Waals surface area contributed by atoms with Crippen LogP contribution in [0.25, 0.3) is 21.9 Å². The fraction of sp³-hybridized carbons (Fsp3) is 0.381. The molecule has 0 aliphatic carbocycles. The number of likely N-dealkylation sites (tertiary alicyclic amines) is 1. The number of hydrogen-bond acceptors (Lipinski definition) is 4. The zero-order valence-electron chi connectivity index (χ0n) is 15.6. The molecular weight excluding hydrogens is 324 g/mol. The van der Waals surface area contributed by atoms with Gasteiger partial charge >= 0.3 is 0 Å².